The van der Waals surface area contributed by atoms with E-state index < -0.39 is 11.8 Å². The number of carbonyl (C=O) groups excluding carboxylic acids is 2. The molecule has 5 nitrogen and oxygen atoms in total. The molecule has 1 saturated carbocycles. The van der Waals surface area contributed by atoms with E-state index in [1.165, 1.54) is 6.42 Å². The number of hydrogen-bond acceptors (Lipinski definition) is 3. The Kier molecular flexibility index (Phi) is 5.81. The number of para-hydroxylation sites is 2. The highest BCUT2D eigenvalue weighted by molar-refractivity contribution is 6.39. The predicted molar refractivity (Wildman–Crippen MR) is 85.8 cm³/mol. The standard InChI is InChI=1S/C17H24N2O3/c1-3-22-15-11-7-6-10-14(15)19-17(21)16(20)18-13-9-5-4-8-12(13)2/h6-7,10-13H,3-5,8-9H2,1-2H3,(H,18,20)(H,19,21). The first kappa shape index (κ1) is 16.3. The molecule has 0 aromatic heterocycles. The first-order valence-electron chi connectivity index (χ1n) is 7.95. The van der Waals surface area contributed by atoms with E-state index in [-0.39, 0.29) is 6.04 Å². The molecule has 2 amide bonds. The maximum absolute atomic E-state index is 12.1. The van der Waals surface area contributed by atoms with Crippen molar-refractivity contribution in [2.75, 3.05) is 11.9 Å². The fourth-order valence-electron chi connectivity index (χ4n) is 2.79. The number of ether oxygens (including phenoxy) is 1. The van der Waals surface area contributed by atoms with E-state index in [2.05, 4.69) is 17.6 Å². The fraction of sp³-hybridized carbons (Fsp3) is 0.529. The van der Waals surface area contributed by atoms with Crippen molar-refractivity contribution in [2.45, 2.75) is 45.6 Å². The third kappa shape index (κ3) is 4.23. The molecular weight excluding hydrogens is 280 g/mol. The van der Waals surface area contributed by atoms with E-state index in [0.717, 1.165) is 19.3 Å². The zero-order valence-corrected chi connectivity index (χ0v) is 13.2. The molecule has 1 aromatic carbocycles. The summed E-state index contributed by atoms with van der Waals surface area (Å²) in [6.07, 6.45) is 4.33. The molecule has 0 aliphatic heterocycles. The summed E-state index contributed by atoms with van der Waals surface area (Å²) >= 11 is 0. The molecular formula is C17H24N2O3. The third-order valence-electron chi connectivity index (χ3n) is 4.07. The lowest BCUT2D eigenvalue weighted by Crippen LogP contribution is -2.45. The second kappa shape index (κ2) is 7.82. The van der Waals surface area contributed by atoms with E-state index in [0.29, 0.717) is 24.0 Å². The van der Waals surface area contributed by atoms with Crippen LogP contribution < -0.4 is 15.4 Å². The van der Waals surface area contributed by atoms with Crippen molar-refractivity contribution < 1.29 is 14.3 Å². The van der Waals surface area contributed by atoms with Crippen molar-refractivity contribution in [1.29, 1.82) is 0 Å². The summed E-state index contributed by atoms with van der Waals surface area (Å²) in [5.74, 6) is -0.242. The quantitative estimate of drug-likeness (QED) is 0.840. The van der Waals surface area contributed by atoms with Crippen LogP contribution in [0.1, 0.15) is 39.5 Å². The minimum absolute atomic E-state index is 0.0918. The third-order valence-corrected chi connectivity index (χ3v) is 4.07. The Bertz CT molecular complexity index is 530. The minimum Gasteiger partial charge on any atom is -0.492 e. The number of rotatable bonds is 4. The second-order valence-corrected chi connectivity index (χ2v) is 5.72. The smallest absolute Gasteiger partial charge is 0.313 e. The molecule has 2 atom stereocenters. The lowest BCUT2D eigenvalue weighted by molar-refractivity contribution is -0.137. The molecule has 1 aliphatic carbocycles. The van der Waals surface area contributed by atoms with Crippen LogP contribution in [-0.2, 0) is 9.59 Å². The van der Waals surface area contributed by atoms with Gasteiger partial charge in [0.1, 0.15) is 5.75 Å². The summed E-state index contributed by atoms with van der Waals surface area (Å²) in [5, 5.41) is 5.47. The van der Waals surface area contributed by atoms with Crippen LogP contribution in [0.3, 0.4) is 0 Å². The van der Waals surface area contributed by atoms with Gasteiger partial charge in [0.25, 0.3) is 0 Å². The molecule has 0 spiro atoms. The average molecular weight is 304 g/mol. The zero-order chi connectivity index (χ0) is 15.9. The maximum atomic E-state index is 12.1. The molecule has 22 heavy (non-hydrogen) atoms. The Labute approximate surface area is 131 Å². The normalized spacial score (nSPS) is 21.0. The first-order chi connectivity index (χ1) is 10.6. The van der Waals surface area contributed by atoms with Crippen molar-refractivity contribution in [3.05, 3.63) is 24.3 Å². The predicted octanol–water partition coefficient (Wildman–Crippen LogP) is 2.72. The summed E-state index contributed by atoms with van der Waals surface area (Å²) in [4.78, 5) is 24.1. The lowest BCUT2D eigenvalue weighted by atomic mass is 9.86. The van der Waals surface area contributed by atoms with Crippen molar-refractivity contribution in [1.82, 2.24) is 5.32 Å². The van der Waals surface area contributed by atoms with Gasteiger partial charge in [-0.1, -0.05) is 31.9 Å². The van der Waals surface area contributed by atoms with Crippen LogP contribution in [0.25, 0.3) is 0 Å². The number of hydrogen-bond donors (Lipinski definition) is 2. The van der Waals surface area contributed by atoms with Crippen LogP contribution in [0.4, 0.5) is 5.69 Å². The lowest BCUT2D eigenvalue weighted by Gasteiger charge is -2.29. The van der Waals surface area contributed by atoms with Crippen molar-refractivity contribution in [3.63, 3.8) is 0 Å². The van der Waals surface area contributed by atoms with E-state index in [9.17, 15) is 9.59 Å². The van der Waals surface area contributed by atoms with Crippen LogP contribution in [0.15, 0.2) is 24.3 Å². The van der Waals surface area contributed by atoms with Crippen molar-refractivity contribution in [3.8, 4) is 5.75 Å². The Morgan fingerprint density at radius 3 is 2.64 bits per heavy atom. The Morgan fingerprint density at radius 2 is 1.91 bits per heavy atom. The van der Waals surface area contributed by atoms with Gasteiger partial charge in [-0.3, -0.25) is 9.59 Å². The zero-order valence-electron chi connectivity index (χ0n) is 13.2. The molecule has 5 heteroatoms. The molecule has 120 valence electrons. The number of benzene rings is 1. The van der Waals surface area contributed by atoms with Gasteiger partial charge in [0, 0.05) is 6.04 Å². The van der Waals surface area contributed by atoms with E-state index in [4.69, 9.17) is 4.74 Å². The molecule has 0 radical (unpaired) electrons. The summed E-state index contributed by atoms with van der Waals surface area (Å²) < 4.78 is 5.44. The van der Waals surface area contributed by atoms with E-state index in [1.807, 2.05) is 13.0 Å². The molecule has 1 aromatic rings. The molecule has 0 heterocycles. The highest BCUT2D eigenvalue weighted by Crippen LogP contribution is 2.25. The molecule has 1 aliphatic rings. The van der Waals surface area contributed by atoms with Crippen LogP contribution in [0, 0.1) is 5.92 Å². The summed E-state index contributed by atoms with van der Waals surface area (Å²) in [6.45, 7) is 4.49. The number of nitrogens with one attached hydrogen (secondary N) is 2. The fourth-order valence-corrected chi connectivity index (χ4v) is 2.79. The van der Waals surface area contributed by atoms with Gasteiger partial charge in [-0.25, -0.2) is 0 Å². The second-order valence-electron chi connectivity index (χ2n) is 5.72. The monoisotopic (exact) mass is 304 g/mol. The summed E-state index contributed by atoms with van der Waals surface area (Å²) in [6, 6.07) is 7.19. The van der Waals surface area contributed by atoms with Crippen LogP contribution in [-0.4, -0.2) is 24.5 Å². The number of amides is 2. The van der Waals surface area contributed by atoms with Gasteiger partial charge in [-0.2, -0.15) is 0 Å². The largest absolute Gasteiger partial charge is 0.492 e. The molecule has 0 saturated heterocycles. The first-order valence-corrected chi connectivity index (χ1v) is 7.95. The highest BCUT2D eigenvalue weighted by Gasteiger charge is 2.25. The van der Waals surface area contributed by atoms with Gasteiger partial charge in [-0.15, -0.1) is 0 Å². The number of carbonyl (C=O) groups is 2. The van der Waals surface area contributed by atoms with Gasteiger partial charge >= 0.3 is 11.8 Å². The maximum Gasteiger partial charge on any atom is 0.313 e. The highest BCUT2D eigenvalue weighted by atomic mass is 16.5. The Hall–Kier alpha value is -2.04. The number of anilines is 1. The molecule has 0 bridgehead atoms. The molecule has 2 N–H and O–H groups in total. The summed E-state index contributed by atoms with van der Waals surface area (Å²) in [5.41, 5.74) is 0.515. The van der Waals surface area contributed by atoms with Crippen molar-refractivity contribution >= 4 is 17.5 Å². The van der Waals surface area contributed by atoms with E-state index >= 15 is 0 Å². The Morgan fingerprint density at radius 1 is 1.18 bits per heavy atom. The summed E-state index contributed by atoms with van der Waals surface area (Å²) in [7, 11) is 0. The van der Waals surface area contributed by atoms with Gasteiger partial charge < -0.3 is 15.4 Å². The van der Waals surface area contributed by atoms with Gasteiger partial charge in [-0.05, 0) is 37.8 Å². The minimum atomic E-state index is -0.648. The van der Waals surface area contributed by atoms with Gasteiger partial charge in [0.2, 0.25) is 0 Å². The van der Waals surface area contributed by atoms with Gasteiger partial charge in [0.05, 0.1) is 12.3 Å². The Balaban J connectivity index is 1.95. The van der Waals surface area contributed by atoms with Gasteiger partial charge in [0.15, 0.2) is 0 Å². The molecule has 1 fully saturated rings. The van der Waals surface area contributed by atoms with E-state index in [1.54, 1.807) is 18.2 Å². The molecule has 2 rings (SSSR count). The SMILES string of the molecule is CCOc1ccccc1NC(=O)C(=O)NC1CCCCC1C. The van der Waals surface area contributed by atoms with Crippen LogP contribution >= 0.6 is 0 Å². The van der Waals surface area contributed by atoms with Crippen molar-refractivity contribution in [2.24, 2.45) is 5.92 Å². The topological polar surface area (TPSA) is 67.4 Å². The molecule has 2 unspecified atom stereocenters. The average Bonchev–Trinajstić information content (AvgIpc) is 2.51. The van der Waals surface area contributed by atoms with Crippen LogP contribution in [0.2, 0.25) is 0 Å². The van der Waals surface area contributed by atoms with Crippen LogP contribution in [0.5, 0.6) is 5.75 Å².